The summed E-state index contributed by atoms with van der Waals surface area (Å²) in [5.41, 5.74) is 5.40. The minimum Gasteiger partial charge on any atom is -0.384 e. The molecule has 3 rings (SSSR count). The molecule has 0 bridgehead atoms. The van der Waals surface area contributed by atoms with Gasteiger partial charge in [-0.05, 0) is 52.9 Å². The molecule has 1 atom stereocenters. The van der Waals surface area contributed by atoms with Crippen LogP contribution in [-0.4, -0.2) is 24.0 Å². The molecule has 0 saturated heterocycles. The van der Waals surface area contributed by atoms with Crippen molar-refractivity contribution in [2.45, 2.75) is 32.2 Å². The summed E-state index contributed by atoms with van der Waals surface area (Å²) in [4.78, 5) is 6.28. The Bertz CT molecular complexity index is 1130. The number of likely N-dealkylation sites (N-methyl/N-ethyl adjacent to an activating group) is 1. The molecule has 0 amide bonds. The molecule has 2 aromatic carbocycles. The van der Waals surface area contributed by atoms with Crippen LogP contribution in [0.4, 0.5) is 8.78 Å². The lowest BCUT2D eigenvalue weighted by molar-refractivity contribution is 0.466. The summed E-state index contributed by atoms with van der Waals surface area (Å²) >= 11 is 0. The van der Waals surface area contributed by atoms with E-state index in [1.54, 1.807) is 24.4 Å². The second-order valence-corrected chi connectivity index (χ2v) is 8.68. The number of rotatable bonds is 9. The van der Waals surface area contributed by atoms with E-state index < -0.39 is 5.92 Å². The quantitative estimate of drug-likeness (QED) is 0.400. The number of benzene rings is 2. The molecular formula is C28H31F2N3. The highest BCUT2D eigenvalue weighted by Crippen LogP contribution is 2.34. The Morgan fingerprint density at radius 1 is 0.970 bits per heavy atom. The number of hydrogen-bond donors (Lipinski definition) is 1. The van der Waals surface area contributed by atoms with Crippen molar-refractivity contribution in [1.29, 1.82) is 0 Å². The summed E-state index contributed by atoms with van der Waals surface area (Å²) in [5, 5.41) is 3.36. The van der Waals surface area contributed by atoms with E-state index in [1.165, 1.54) is 18.2 Å². The second-order valence-electron chi connectivity index (χ2n) is 8.68. The van der Waals surface area contributed by atoms with Crippen LogP contribution in [-0.2, 0) is 6.54 Å². The van der Waals surface area contributed by atoms with Crippen molar-refractivity contribution < 1.29 is 8.78 Å². The molecule has 0 aliphatic heterocycles. The minimum atomic E-state index is -0.450. The summed E-state index contributed by atoms with van der Waals surface area (Å²) in [6, 6.07) is 15.1. The van der Waals surface area contributed by atoms with Gasteiger partial charge in [0.2, 0.25) is 0 Å². The average molecular weight is 448 g/mol. The molecule has 3 aromatic rings. The van der Waals surface area contributed by atoms with Crippen LogP contribution in [0.25, 0.3) is 11.1 Å². The van der Waals surface area contributed by atoms with Crippen LogP contribution in [0.1, 0.15) is 42.5 Å². The summed E-state index contributed by atoms with van der Waals surface area (Å²) in [6.45, 7) is 13.2. The molecule has 3 nitrogen and oxygen atoms in total. The van der Waals surface area contributed by atoms with Crippen LogP contribution in [0, 0.1) is 11.6 Å². The molecule has 5 heteroatoms. The molecule has 1 unspecified atom stereocenters. The van der Waals surface area contributed by atoms with Gasteiger partial charge in [-0.15, -0.1) is 0 Å². The van der Waals surface area contributed by atoms with Crippen LogP contribution in [0.3, 0.4) is 0 Å². The summed E-state index contributed by atoms with van der Waals surface area (Å²) in [6.07, 6.45) is 1.80. The van der Waals surface area contributed by atoms with Crippen molar-refractivity contribution in [3.63, 3.8) is 0 Å². The molecular weight excluding hydrogens is 416 g/mol. The highest BCUT2D eigenvalue weighted by Gasteiger charge is 2.24. The van der Waals surface area contributed by atoms with E-state index in [0.29, 0.717) is 29.3 Å². The lowest BCUT2D eigenvalue weighted by Gasteiger charge is -2.29. The average Bonchev–Trinajstić information content (AvgIpc) is 2.79. The van der Waals surface area contributed by atoms with Gasteiger partial charge >= 0.3 is 0 Å². The number of pyridine rings is 1. The zero-order valence-electron chi connectivity index (χ0n) is 19.7. The van der Waals surface area contributed by atoms with Gasteiger partial charge in [-0.2, -0.15) is 0 Å². The first-order valence-electron chi connectivity index (χ1n) is 11.0. The molecule has 0 spiro atoms. The highest BCUT2D eigenvalue weighted by molar-refractivity contribution is 5.64. The third-order valence-electron chi connectivity index (χ3n) is 5.70. The lowest BCUT2D eigenvalue weighted by Crippen LogP contribution is -2.25. The third kappa shape index (κ3) is 5.86. The minimum absolute atomic E-state index is 0.324. The van der Waals surface area contributed by atoms with Crippen molar-refractivity contribution in [2.75, 3.05) is 14.1 Å². The van der Waals surface area contributed by atoms with E-state index in [9.17, 15) is 4.39 Å². The van der Waals surface area contributed by atoms with Crippen molar-refractivity contribution in [3.05, 3.63) is 114 Å². The zero-order valence-corrected chi connectivity index (χ0v) is 19.7. The molecule has 1 aromatic heterocycles. The van der Waals surface area contributed by atoms with Crippen molar-refractivity contribution >= 4 is 0 Å². The Morgan fingerprint density at radius 3 is 2.24 bits per heavy atom. The van der Waals surface area contributed by atoms with Crippen LogP contribution in [0.2, 0.25) is 0 Å². The van der Waals surface area contributed by atoms with E-state index in [1.807, 2.05) is 31.1 Å². The fourth-order valence-electron chi connectivity index (χ4n) is 3.65. The van der Waals surface area contributed by atoms with Crippen molar-refractivity contribution in [3.8, 4) is 11.1 Å². The van der Waals surface area contributed by atoms with Crippen LogP contribution in [0.15, 0.2) is 85.3 Å². The molecule has 0 aliphatic rings. The molecule has 0 saturated carbocycles. The lowest BCUT2D eigenvalue weighted by atomic mass is 9.90. The van der Waals surface area contributed by atoms with E-state index >= 15 is 4.39 Å². The molecule has 0 radical (unpaired) electrons. The Kier molecular flexibility index (Phi) is 7.64. The van der Waals surface area contributed by atoms with Gasteiger partial charge in [0.25, 0.3) is 0 Å². The van der Waals surface area contributed by atoms with Gasteiger partial charge in [-0.3, -0.25) is 4.98 Å². The Morgan fingerprint density at radius 2 is 1.64 bits per heavy atom. The Labute approximate surface area is 195 Å². The first kappa shape index (κ1) is 24.2. The van der Waals surface area contributed by atoms with Gasteiger partial charge < -0.3 is 10.2 Å². The van der Waals surface area contributed by atoms with Gasteiger partial charge in [-0.1, -0.05) is 51.3 Å². The topological polar surface area (TPSA) is 28.2 Å². The molecule has 0 fully saturated rings. The molecule has 172 valence electrons. The number of aromatic nitrogens is 1. The predicted molar refractivity (Wildman–Crippen MR) is 132 cm³/mol. The van der Waals surface area contributed by atoms with E-state index in [4.69, 9.17) is 0 Å². The largest absolute Gasteiger partial charge is 0.384 e. The molecule has 1 N–H and O–H groups in total. The number of nitrogens with one attached hydrogen (secondary N) is 1. The number of halogens is 2. The normalized spacial score (nSPS) is 11.8. The summed E-state index contributed by atoms with van der Waals surface area (Å²) in [7, 11) is 3.76. The van der Waals surface area contributed by atoms with Crippen molar-refractivity contribution in [2.24, 2.45) is 0 Å². The first-order chi connectivity index (χ1) is 15.7. The monoisotopic (exact) mass is 447 g/mol. The smallest absolute Gasteiger partial charge is 0.128 e. The maximum absolute atomic E-state index is 15.3. The molecule has 0 aliphatic carbocycles. The Hall–Kier alpha value is -3.47. The van der Waals surface area contributed by atoms with Crippen molar-refractivity contribution in [1.82, 2.24) is 15.2 Å². The van der Waals surface area contributed by atoms with Gasteiger partial charge in [-0.25, -0.2) is 8.78 Å². The first-order valence-corrected chi connectivity index (χ1v) is 11.0. The fraction of sp³-hybridized carbons (Fsp3) is 0.250. The summed E-state index contributed by atoms with van der Waals surface area (Å²) in [5.74, 6) is -0.800. The van der Waals surface area contributed by atoms with E-state index in [2.05, 4.69) is 43.4 Å². The van der Waals surface area contributed by atoms with Gasteiger partial charge in [0.05, 0.1) is 5.92 Å². The van der Waals surface area contributed by atoms with Crippen LogP contribution < -0.4 is 5.32 Å². The SMILES string of the molecule is C=C(NCc1ccnc(C(C)C)c1)C(C(=C)N(C)C)c1ccc(-c2ccc(F)cc2)cc1F. The number of hydrogen-bond acceptors (Lipinski definition) is 3. The van der Waals surface area contributed by atoms with Gasteiger partial charge in [0, 0.05) is 49.5 Å². The van der Waals surface area contributed by atoms with Crippen LogP contribution in [0.5, 0.6) is 0 Å². The van der Waals surface area contributed by atoms with E-state index in [-0.39, 0.29) is 11.6 Å². The standard InChI is InChI=1S/C28H31F2N3/c1-18(2)27-15-21(13-14-31-27)17-32-19(3)28(20(4)33(5)6)25-12-9-23(16-26(25)30)22-7-10-24(29)11-8-22/h7-16,18,28,32H,3-4,17H2,1-2,5-6H3. The maximum atomic E-state index is 15.3. The number of nitrogens with zero attached hydrogens (tertiary/aromatic N) is 2. The van der Waals surface area contributed by atoms with Crippen LogP contribution >= 0.6 is 0 Å². The maximum Gasteiger partial charge on any atom is 0.128 e. The molecule has 33 heavy (non-hydrogen) atoms. The predicted octanol–water partition coefficient (Wildman–Crippen LogP) is 6.61. The second kappa shape index (κ2) is 10.4. The zero-order chi connectivity index (χ0) is 24.1. The van der Waals surface area contributed by atoms with Gasteiger partial charge in [0.1, 0.15) is 11.6 Å². The third-order valence-corrected chi connectivity index (χ3v) is 5.70. The Balaban J connectivity index is 1.86. The summed E-state index contributed by atoms with van der Waals surface area (Å²) < 4.78 is 28.6. The fourth-order valence-corrected chi connectivity index (χ4v) is 3.65. The van der Waals surface area contributed by atoms with Gasteiger partial charge in [0.15, 0.2) is 0 Å². The molecule has 1 heterocycles. The van der Waals surface area contributed by atoms with E-state index in [0.717, 1.165) is 22.5 Å². The highest BCUT2D eigenvalue weighted by atomic mass is 19.1.